The molecule has 1 aliphatic rings. The minimum absolute atomic E-state index is 0.0439. The van der Waals surface area contributed by atoms with Crippen molar-refractivity contribution in [1.82, 2.24) is 9.80 Å². The summed E-state index contributed by atoms with van der Waals surface area (Å²) >= 11 is 0. The Morgan fingerprint density at radius 3 is 2.67 bits per heavy atom. The second kappa shape index (κ2) is 6.73. The third-order valence-electron chi connectivity index (χ3n) is 3.41. The first-order chi connectivity index (χ1) is 8.51. The molecule has 5 nitrogen and oxygen atoms in total. The van der Waals surface area contributed by atoms with Crippen LogP contribution in [0.1, 0.15) is 33.6 Å². The van der Waals surface area contributed by atoms with Crippen LogP contribution in [0.2, 0.25) is 0 Å². The molecule has 0 spiro atoms. The number of aliphatic hydroxyl groups is 1. The number of nitrogens with zero attached hydrogens (tertiary/aromatic N) is 2. The molecule has 1 saturated heterocycles. The van der Waals surface area contributed by atoms with Gasteiger partial charge in [0.1, 0.15) is 0 Å². The Morgan fingerprint density at radius 2 is 2.22 bits per heavy atom. The number of hydrogen-bond donors (Lipinski definition) is 1. The van der Waals surface area contributed by atoms with Gasteiger partial charge in [0.05, 0.1) is 5.92 Å². The first kappa shape index (κ1) is 15.0. The number of carbonyl (C=O) groups excluding carboxylic acids is 2. The van der Waals surface area contributed by atoms with Crippen molar-refractivity contribution in [3.63, 3.8) is 0 Å². The summed E-state index contributed by atoms with van der Waals surface area (Å²) in [7, 11) is 0. The van der Waals surface area contributed by atoms with Gasteiger partial charge in [0.15, 0.2) is 0 Å². The molecule has 1 unspecified atom stereocenters. The summed E-state index contributed by atoms with van der Waals surface area (Å²) in [5, 5.41) is 8.81. The molecule has 1 N–H and O–H groups in total. The zero-order chi connectivity index (χ0) is 13.7. The molecule has 0 aliphatic carbocycles. The van der Waals surface area contributed by atoms with E-state index in [9.17, 15) is 9.59 Å². The predicted molar refractivity (Wildman–Crippen MR) is 68.9 cm³/mol. The highest BCUT2D eigenvalue weighted by Gasteiger charge is 2.36. The molecule has 1 heterocycles. The van der Waals surface area contributed by atoms with Crippen LogP contribution in [0.25, 0.3) is 0 Å². The first-order valence-corrected chi connectivity index (χ1v) is 6.70. The summed E-state index contributed by atoms with van der Waals surface area (Å²) in [4.78, 5) is 27.5. The van der Waals surface area contributed by atoms with Crippen LogP contribution in [0, 0.1) is 5.92 Å². The van der Waals surface area contributed by atoms with Crippen molar-refractivity contribution in [2.45, 2.75) is 39.7 Å². The highest BCUT2D eigenvalue weighted by molar-refractivity contribution is 5.89. The lowest BCUT2D eigenvalue weighted by atomic mass is 10.1. The Hall–Kier alpha value is -1.10. The highest BCUT2D eigenvalue weighted by Crippen LogP contribution is 2.22. The molecule has 104 valence electrons. The van der Waals surface area contributed by atoms with Crippen molar-refractivity contribution >= 4 is 11.8 Å². The molecule has 1 aliphatic heterocycles. The van der Waals surface area contributed by atoms with E-state index in [1.807, 2.05) is 20.8 Å². The van der Waals surface area contributed by atoms with Gasteiger partial charge < -0.3 is 14.9 Å². The van der Waals surface area contributed by atoms with Crippen molar-refractivity contribution < 1.29 is 14.7 Å². The van der Waals surface area contributed by atoms with Crippen molar-refractivity contribution in [1.29, 1.82) is 0 Å². The lowest BCUT2D eigenvalue weighted by molar-refractivity contribution is -0.135. The molecule has 0 aromatic heterocycles. The van der Waals surface area contributed by atoms with Gasteiger partial charge in [0.2, 0.25) is 11.8 Å². The first-order valence-electron chi connectivity index (χ1n) is 6.70. The fraction of sp³-hybridized carbons (Fsp3) is 0.846. The topological polar surface area (TPSA) is 60.9 Å². The average Bonchev–Trinajstić information content (AvgIpc) is 2.72. The molecule has 18 heavy (non-hydrogen) atoms. The Labute approximate surface area is 109 Å². The van der Waals surface area contributed by atoms with E-state index in [-0.39, 0.29) is 30.4 Å². The highest BCUT2D eigenvalue weighted by atomic mass is 16.3. The molecule has 1 rings (SSSR count). The van der Waals surface area contributed by atoms with Gasteiger partial charge >= 0.3 is 0 Å². The number of likely N-dealkylation sites (tertiary alicyclic amines) is 1. The molecule has 0 aromatic rings. The third kappa shape index (κ3) is 3.45. The number of aliphatic hydroxyl groups excluding tert-OH is 1. The van der Waals surface area contributed by atoms with Gasteiger partial charge in [0.25, 0.3) is 0 Å². The van der Waals surface area contributed by atoms with Crippen molar-refractivity contribution in [2.24, 2.45) is 5.92 Å². The minimum Gasteiger partial charge on any atom is -0.396 e. The van der Waals surface area contributed by atoms with Gasteiger partial charge in [0, 0.05) is 38.7 Å². The van der Waals surface area contributed by atoms with Gasteiger partial charge in [-0.3, -0.25) is 9.59 Å². The summed E-state index contributed by atoms with van der Waals surface area (Å²) in [6.07, 6.45) is 0.917. The molecule has 0 bridgehead atoms. The number of hydrogen-bond acceptors (Lipinski definition) is 3. The van der Waals surface area contributed by atoms with Crippen LogP contribution < -0.4 is 0 Å². The quantitative estimate of drug-likeness (QED) is 0.751. The van der Waals surface area contributed by atoms with Crippen molar-refractivity contribution in [3.8, 4) is 0 Å². The van der Waals surface area contributed by atoms with E-state index in [4.69, 9.17) is 5.11 Å². The summed E-state index contributed by atoms with van der Waals surface area (Å²) in [6.45, 7) is 7.67. The zero-order valence-electron chi connectivity index (χ0n) is 11.6. The zero-order valence-corrected chi connectivity index (χ0v) is 11.6. The third-order valence-corrected chi connectivity index (χ3v) is 3.41. The number of carbonyl (C=O) groups is 2. The fourth-order valence-corrected chi connectivity index (χ4v) is 2.34. The molecule has 0 aromatic carbocycles. The Morgan fingerprint density at radius 1 is 1.56 bits per heavy atom. The maximum Gasteiger partial charge on any atom is 0.227 e. The summed E-state index contributed by atoms with van der Waals surface area (Å²) in [5.74, 6) is -0.0949. The largest absolute Gasteiger partial charge is 0.396 e. The van der Waals surface area contributed by atoms with Crippen molar-refractivity contribution in [3.05, 3.63) is 0 Å². The second-order valence-corrected chi connectivity index (χ2v) is 5.04. The van der Waals surface area contributed by atoms with E-state index >= 15 is 0 Å². The summed E-state index contributed by atoms with van der Waals surface area (Å²) < 4.78 is 0. The monoisotopic (exact) mass is 256 g/mol. The van der Waals surface area contributed by atoms with Gasteiger partial charge in [-0.2, -0.15) is 0 Å². The van der Waals surface area contributed by atoms with E-state index in [0.29, 0.717) is 32.5 Å². The minimum atomic E-state index is -0.210. The van der Waals surface area contributed by atoms with Gasteiger partial charge in [-0.05, 0) is 27.2 Å². The standard InChI is InChI=1S/C13H24N2O3/c1-4-14(6-5-7-16)13(18)11-8-12(17)15(9-11)10(2)3/h10-11,16H,4-9H2,1-3H3. The lowest BCUT2D eigenvalue weighted by Crippen LogP contribution is -2.39. The van der Waals surface area contributed by atoms with Crippen molar-refractivity contribution in [2.75, 3.05) is 26.2 Å². The molecular weight excluding hydrogens is 232 g/mol. The molecule has 0 radical (unpaired) electrons. The molecule has 5 heteroatoms. The van der Waals surface area contributed by atoms with Crippen LogP contribution in [0.3, 0.4) is 0 Å². The Kier molecular flexibility index (Phi) is 5.59. The molecule has 2 amide bonds. The maximum absolute atomic E-state index is 12.3. The van der Waals surface area contributed by atoms with Gasteiger partial charge in [-0.25, -0.2) is 0 Å². The van der Waals surface area contributed by atoms with Crippen LogP contribution in [0.5, 0.6) is 0 Å². The maximum atomic E-state index is 12.3. The Balaban J connectivity index is 2.59. The summed E-state index contributed by atoms with van der Waals surface area (Å²) in [5.41, 5.74) is 0. The summed E-state index contributed by atoms with van der Waals surface area (Å²) in [6, 6.07) is 0.155. The fourth-order valence-electron chi connectivity index (χ4n) is 2.34. The van der Waals surface area contributed by atoms with Crippen LogP contribution in [0.4, 0.5) is 0 Å². The van der Waals surface area contributed by atoms with Gasteiger partial charge in [-0.15, -0.1) is 0 Å². The van der Waals surface area contributed by atoms with E-state index < -0.39 is 0 Å². The van der Waals surface area contributed by atoms with E-state index in [1.54, 1.807) is 9.80 Å². The van der Waals surface area contributed by atoms with Crippen LogP contribution >= 0.6 is 0 Å². The smallest absolute Gasteiger partial charge is 0.227 e. The number of rotatable bonds is 6. The lowest BCUT2D eigenvalue weighted by Gasteiger charge is -2.25. The van der Waals surface area contributed by atoms with Gasteiger partial charge in [-0.1, -0.05) is 0 Å². The molecule has 1 atom stereocenters. The Bertz CT molecular complexity index is 305. The predicted octanol–water partition coefficient (Wildman–Crippen LogP) is 0.474. The molecule has 1 fully saturated rings. The van der Waals surface area contributed by atoms with Crippen LogP contribution in [0.15, 0.2) is 0 Å². The van der Waals surface area contributed by atoms with Crippen LogP contribution in [-0.4, -0.2) is 59.0 Å². The SMILES string of the molecule is CCN(CCCO)C(=O)C1CC(=O)N(C(C)C)C1. The van der Waals surface area contributed by atoms with E-state index in [0.717, 1.165) is 0 Å². The van der Waals surface area contributed by atoms with E-state index in [1.165, 1.54) is 0 Å². The average molecular weight is 256 g/mol. The second-order valence-electron chi connectivity index (χ2n) is 5.04. The molecule has 0 saturated carbocycles. The van der Waals surface area contributed by atoms with E-state index in [2.05, 4.69) is 0 Å². The number of amides is 2. The molecular formula is C13H24N2O3. The van der Waals surface area contributed by atoms with Crippen LogP contribution in [-0.2, 0) is 9.59 Å². The normalized spacial score (nSPS) is 19.7.